The molecule has 1 heterocycles. The number of piperazine rings is 1. The van der Waals surface area contributed by atoms with Gasteiger partial charge in [-0.1, -0.05) is 11.8 Å². The first kappa shape index (κ1) is 20.4. The lowest BCUT2D eigenvalue weighted by Crippen LogP contribution is -3.19. The predicted molar refractivity (Wildman–Crippen MR) is 95.7 cm³/mol. The molecule has 1 saturated heterocycles. The van der Waals surface area contributed by atoms with Gasteiger partial charge in [0.05, 0.1) is 32.8 Å². The van der Waals surface area contributed by atoms with Crippen molar-refractivity contribution >= 4 is 29.4 Å². The fourth-order valence-corrected chi connectivity index (χ4v) is 3.28. The molecule has 9 heteroatoms. The molecule has 1 aliphatic rings. The minimum absolute atomic E-state index is 0.140. The molecule has 2 amide bonds. The Hall–Kier alpha value is -1.87. The minimum atomic E-state index is -2.47. The number of rotatable bonds is 6. The maximum Gasteiger partial charge on any atom is 0.410 e. The number of nitrogens with one attached hydrogen (secondary N) is 2. The van der Waals surface area contributed by atoms with Crippen molar-refractivity contribution < 1.29 is 28.0 Å². The fraction of sp³-hybridized carbons (Fsp3) is 0.529. The average molecular weight is 388 g/mol. The number of carbonyl (C=O) groups excluding carboxylic acids is 2. The number of hydrogen-bond acceptors (Lipinski definition) is 4. The smallest absolute Gasteiger partial charge is 0.410 e. The molecule has 0 bridgehead atoms. The monoisotopic (exact) mass is 388 g/mol. The van der Waals surface area contributed by atoms with E-state index < -0.39 is 5.76 Å². The second-order valence-electron chi connectivity index (χ2n) is 5.96. The van der Waals surface area contributed by atoms with Crippen molar-refractivity contribution in [2.75, 3.05) is 38.1 Å². The number of thioether (sulfide) groups is 1. The Morgan fingerprint density at radius 1 is 1.27 bits per heavy atom. The highest BCUT2D eigenvalue weighted by Gasteiger charge is 2.31. The first-order valence-electron chi connectivity index (χ1n) is 8.52. The van der Waals surface area contributed by atoms with Gasteiger partial charge in [0.2, 0.25) is 0 Å². The zero-order valence-electron chi connectivity index (χ0n) is 14.8. The van der Waals surface area contributed by atoms with E-state index in [2.05, 4.69) is 5.32 Å². The summed E-state index contributed by atoms with van der Waals surface area (Å²) in [6.07, 6.45) is -0.314. The highest BCUT2D eigenvalue weighted by Crippen LogP contribution is 2.26. The van der Waals surface area contributed by atoms with Gasteiger partial charge in [-0.3, -0.25) is 9.69 Å². The Kier molecular flexibility index (Phi) is 7.65. The predicted octanol–water partition coefficient (Wildman–Crippen LogP) is 1.69. The molecule has 144 valence electrons. The number of carbonyl (C=O) groups is 2. The van der Waals surface area contributed by atoms with Gasteiger partial charge in [0.25, 0.3) is 11.7 Å². The van der Waals surface area contributed by atoms with Crippen LogP contribution in [0.4, 0.5) is 19.3 Å². The third kappa shape index (κ3) is 5.84. The lowest BCUT2D eigenvalue weighted by Gasteiger charge is -2.34. The number of quaternary nitrogens is 1. The molecular weight excluding hydrogens is 364 g/mol. The van der Waals surface area contributed by atoms with Crippen LogP contribution in [0.1, 0.15) is 13.8 Å². The first-order chi connectivity index (χ1) is 12.4. The summed E-state index contributed by atoms with van der Waals surface area (Å²) in [5.41, 5.74) is 0.574. The van der Waals surface area contributed by atoms with Crippen LogP contribution in [0.15, 0.2) is 29.2 Å². The Balaban J connectivity index is 1.83. The zero-order chi connectivity index (χ0) is 19.1. The molecule has 0 radical (unpaired) electrons. The summed E-state index contributed by atoms with van der Waals surface area (Å²) in [7, 11) is 0. The Morgan fingerprint density at radius 2 is 1.88 bits per heavy atom. The standard InChI is InChI=1S/C17H23F2N3O3S/c1-3-25-17(24)22-10-8-21(9-11-22)12(2)15(23)20-13-4-6-14(7-5-13)26-16(18)19/h4-7,12,16H,3,8-11H2,1-2H3,(H,20,23)/p+1/t12-/m0/s1. The topological polar surface area (TPSA) is 63.1 Å². The quantitative estimate of drug-likeness (QED) is 0.728. The second kappa shape index (κ2) is 9.72. The molecule has 6 nitrogen and oxygen atoms in total. The number of nitrogens with zero attached hydrogens (tertiary/aromatic N) is 1. The van der Waals surface area contributed by atoms with Crippen LogP contribution in [-0.4, -0.2) is 61.5 Å². The van der Waals surface area contributed by atoms with Crippen LogP contribution in [-0.2, 0) is 9.53 Å². The third-order valence-corrected chi connectivity index (χ3v) is 5.01. The van der Waals surface area contributed by atoms with E-state index >= 15 is 0 Å². The molecule has 0 saturated carbocycles. The highest BCUT2D eigenvalue weighted by atomic mass is 32.2. The average Bonchev–Trinajstić information content (AvgIpc) is 2.62. The first-order valence-corrected chi connectivity index (χ1v) is 9.40. The van der Waals surface area contributed by atoms with Gasteiger partial charge in [0, 0.05) is 10.6 Å². The van der Waals surface area contributed by atoms with E-state index in [4.69, 9.17) is 4.74 Å². The number of halogens is 2. The van der Waals surface area contributed by atoms with E-state index in [1.54, 1.807) is 36.1 Å². The maximum atomic E-state index is 12.4. The molecule has 1 fully saturated rings. The third-order valence-electron chi connectivity index (χ3n) is 4.28. The lowest BCUT2D eigenvalue weighted by molar-refractivity contribution is -0.917. The van der Waals surface area contributed by atoms with Crippen LogP contribution in [0, 0.1) is 0 Å². The van der Waals surface area contributed by atoms with Crippen molar-refractivity contribution in [2.45, 2.75) is 30.5 Å². The number of benzene rings is 1. The van der Waals surface area contributed by atoms with Crippen LogP contribution in [0.3, 0.4) is 0 Å². The summed E-state index contributed by atoms with van der Waals surface area (Å²) < 4.78 is 29.6. The van der Waals surface area contributed by atoms with Crippen molar-refractivity contribution in [2.24, 2.45) is 0 Å². The number of hydrogen-bond donors (Lipinski definition) is 2. The van der Waals surface area contributed by atoms with Gasteiger partial charge >= 0.3 is 6.09 Å². The van der Waals surface area contributed by atoms with Gasteiger partial charge < -0.3 is 15.0 Å². The fourth-order valence-electron chi connectivity index (χ4n) is 2.78. The van der Waals surface area contributed by atoms with Crippen molar-refractivity contribution in [1.29, 1.82) is 0 Å². The Bertz CT molecular complexity index is 608. The normalized spacial score (nSPS) is 16.4. The summed E-state index contributed by atoms with van der Waals surface area (Å²) in [4.78, 5) is 27.3. The Labute approximate surface area is 155 Å². The van der Waals surface area contributed by atoms with Crippen molar-refractivity contribution in [1.82, 2.24) is 4.90 Å². The summed E-state index contributed by atoms with van der Waals surface area (Å²) in [6, 6.07) is 6.06. The summed E-state index contributed by atoms with van der Waals surface area (Å²) >= 11 is 0.468. The maximum absolute atomic E-state index is 12.4. The molecular formula is C17H24F2N3O3S+. The SMILES string of the molecule is CCOC(=O)N1CC[NH+]([C@@H](C)C(=O)Nc2ccc(SC(F)F)cc2)CC1. The molecule has 0 aliphatic carbocycles. The van der Waals surface area contributed by atoms with Crippen LogP contribution in [0.25, 0.3) is 0 Å². The number of ether oxygens (including phenoxy) is 1. The summed E-state index contributed by atoms with van der Waals surface area (Å²) in [6.45, 7) is 6.38. The van der Waals surface area contributed by atoms with E-state index in [0.717, 1.165) is 4.90 Å². The van der Waals surface area contributed by atoms with E-state index in [1.165, 1.54) is 0 Å². The molecule has 1 atom stereocenters. The van der Waals surface area contributed by atoms with Gasteiger partial charge in [-0.05, 0) is 38.1 Å². The van der Waals surface area contributed by atoms with Gasteiger partial charge in [0.1, 0.15) is 0 Å². The van der Waals surface area contributed by atoms with E-state index in [9.17, 15) is 18.4 Å². The van der Waals surface area contributed by atoms with Crippen molar-refractivity contribution in [3.63, 3.8) is 0 Å². The number of alkyl halides is 2. The number of amides is 2. The lowest BCUT2D eigenvalue weighted by atomic mass is 10.2. The molecule has 26 heavy (non-hydrogen) atoms. The largest absolute Gasteiger partial charge is 0.450 e. The molecule has 2 N–H and O–H groups in total. The van der Waals surface area contributed by atoms with Crippen LogP contribution in [0.2, 0.25) is 0 Å². The van der Waals surface area contributed by atoms with E-state index in [-0.39, 0.29) is 18.0 Å². The molecule has 0 spiro atoms. The van der Waals surface area contributed by atoms with Crippen molar-refractivity contribution in [3.8, 4) is 0 Å². The Morgan fingerprint density at radius 3 is 2.42 bits per heavy atom. The summed E-state index contributed by atoms with van der Waals surface area (Å²) in [5, 5.41) is 2.81. The van der Waals surface area contributed by atoms with Gasteiger partial charge in [-0.25, -0.2) is 4.79 Å². The van der Waals surface area contributed by atoms with Gasteiger partial charge in [-0.2, -0.15) is 8.78 Å². The van der Waals surface area contributed by atoms with Crippen LogP contribution < -0.4 is 10.2 Å². The van der Waals surface area contributed by atoms with Crippen LogP contribution in [0.5, 0.6) is 0 Å². The molecule has 2 rings (SSSR count). The van der Waals surface area contributed by atoms with Crippen molar-refractivity contribution in [3.05, 3.63) is 24.3 Å². The van der Waals surface area contributed by atoms with Gasteiger partial charge in [0.15, 0.2) is 6.04 Å². The number of anilines is 1. The van der Waals surface area contributed by atoms with Gasteiger partial charge in [-0.15, -0.1) is 0 Å². The minimum Gasteiger partial charge on any atom is -0.450 e. The molecule has 0 unspecified atom stereocenters. The molecule has 1 aromatic rings. The highest BCUT2D eigenvalue weighted by molar-refractivity contribution is 7.99. The molecule has 0 aromatic heterocycles. The summed E-state index contributed by atoms with van der Waals surface area (Å²) in [5.74, 6) is -2.61. The molecule has 1 aromatic carbocycles. The second-order valence-corrected chi connectivity index (χ2v) is 7.02. The van der Waals surface area contributed by atoms with E-state index in [0.29, 0.717) is 55.1 Å². The van der Waals surface area contributed by atoms with Crippen LogP contribution >= 0.6 is 11.8 Å². The molecule has 1 aliphatic heterocycles. The van der Waals surface area contributed by atoms with E-state index in [1.807, 2.05) is 6.92 Å². The zero-order valence-corrected chi connectivity index (χ0v) is 15.7.